The van der Waals surface area contributed by atoms with Crippen LogP contribution in [0.2, 0.25) is 5.02 Å². The summed E-state index contributed by atoms with van der Waals surface area (Å²) in [6.45, 7) is 5.52. The Morgan fingerprint density at radius 2 is 2.10 bits per heavy atom. The van der Waals surface area contributed by atoms with Gasteiger partial charge in [-0.3, -0.25) is 4.57 Å². The van der Waals surface area contributed by atoms with Crippen LogP contribution in [0.15, 0.2) is 12.3 Å². The number of nitrogens with two attached hydrogens (primary N) is 1. The third kappa shape index (κ3) is 2.86. The summed E-state index contributed by atoms with van der Waals surface area (Å²) >= 11 is 5.99. The summed E-state index contributed by atoms with van der Waals surface area (Å²) in [7, 11) is 0. The molecule has 114 valence electrons. The van der Waals surface area contributed by atoms with Gasteiger partial charge in [0.2, 0.25) is 5.95 Å². The maximum atomic E-state index is 6.14. The lowest BCUT2D eigenvalue weighted by Crippen LogP contribution is -2.26. The van der Waals surface area contributed by atoms with E-state index in [0.717, 1.165) is 17.7 Å². The predicted molar refractivity (Wildman–Crippen MR) is 87.3 cm³/mol. The summed E-state index contributed by atoms with van der Waals surface area (Å²) in [6, 6.07) is 1.83. The van der Waals surface area contributed by atoms with Crippen molar-refractivity contribution in [2.45, 2.75) is 52.5 Å². The van der Waals surface area contributed by atoms with Gasteiger partial charge in [-0.05, 0) is 36.7 Å². The fourth-order valence-corrected chi connectivity index (χ4v) is 4.07. The smallest absolute Gasteiger partial charge is 0.202 e. The van der Waals surface area contributed by atoms with E-state index in [4.69, 9.17) is 17.3 Å². The van der Waals surface area contributed by atoms with Crippen molar-refractivity contribution in [1.82, 2.24) is 14.5 Å². The minimum Gasteiger partial charge on any atom is -0.369 e. The van der Waals surface area contributed by atoms with Gasteiger partial charge in [0, 0.05) is 12.7 Å². The zero-order valence-electron chi connectivity index (χ0n) is 12.8. The second-order valence-electron chi connectivity index (χ2n) is 6.86. The van der Waals surface area contributed by atoms with Gasteiger partial charge in [-0.2, -0.15) is 0 Å². The second kappa shape index (κ2) is 5.48. The molecule has 0 amide bonds. The Balaban J connectivity index is 1.98. The quantitative estimate of drug-likeness (QED) is 0.917. The lowest BCUT2D eigenvalue weighted by atomic mass is 9.78. The van der Waals surface area contributed by atoms with E-state index in [1.165, 1.54) is 32.1 Å². The van der Waals surface area contributed by atoms with Crippen LogP contribution in [0.3, 0.4) is 0 Å². The van der Waals surface area contributed by atoms with Crippen LogP contribution in [0.5, 0.6) is 0 Å². The number of aromatic nitrogens is 3. The molecule has 1 fully saturated rings. The topological polar surface area (TPSA) is 56.7 Å². The van der Waals surface area contributed by atoms with Crippen molar-refractivity contribution in [2.75, 3.05) is 5.73 Å². The third-order valence-corrected chi connectivity index (χ3v) is 4.79. The van der Waals surface area contributed by atoms with Gasteiger partial charge in [-0.25, -0.2) is 9.97 Å². The lowest BCUT2D eigenvalue weighted by molar-refractivity contribution is 0.200. The molecule has 0 aromatic carbocycles. The number of nitrogen functional groups attached to an aromatic ring is 1. The first-order chi connectivity index (χ1) is 9.99. The van der Waals surface area contributed by atoms with Crippen LogP contribution in [0.25, 0.3) is 11.2 Å². The number of halogens is 1. The Kier molecular flexibility index (Phi) is 3.82. The first-order valence-corrected chi connectivity index (χ1v) is 8.14. The molecule has 21 heavy (non-hydrogen) atoms. The summed E-state index contributed by atoms with van der Waals surface area (Å²) < 4.78 is 2.08. The van der Waals surface area contributed by atoms with Crippen LogP contribution < -0.4 is 5.73 Å². The molecule has 0 atom stereocenters. The van der Waals surface area contributed by atoms with Gasteiger partial charge >= 0.3 is 0 Å². The van der Waals surface area contributed by atoms with Crippen LogP contribution in [-0.2, 0) is 6.54 Å². The number of nitrogens with zero attached hydrogens (tertiary/aromatic N) is 3. The molecule has 4 nitrogen and oxygen atoms in total. The maximum absolute atomic E-state index is 6.14. The van der Waals surface area contributed by atoms with E-state index in [1.807, 2.05) is 6.07 Å². The number of pyridine rings is 1. The molecule has 0 saturated heterocycles. The molecule has 0 unspecified atom stereocenters. The van der Waals surface area contributed by atoms with E-state index < -0.39 is 0 Å². The van der Waals surface area contributed by atoms with Crippen molar-refractivity contribution >= 4 is 28.7 Å². The number of fused-ring (bicyclic) bond motifs is 1. The Hall–Kier alpha value is -1.29. The minimum absolute atomic E-state index is 0.344. The molecule has 1 aliphatic carbocycles. The molecule has 0 bridgehead atoms. The van der Waals surface area contributed by atoms with Crippen molar-refractivity contribution in [3.8, 4) is 0 Å². The van der Waals surface area contributed by atoms with Crippen LogP contribution >= 0.6 is 11.6 Å². The van der Waals surface area contributed by atoms with E-state index in [2.05, 4.69) is 28.4 Å². The highest BCUT2D eigenvalue weighted by Gasteiger charge is 2.35. The second-order valence-corrected chi connectivity index (χ2v) is 7.29. The van der Waals surface area contributed by atoms with Gasteiger partial charge < -0.3 is 5.73 Å². The third-order valence-electron chi connectivity index (χ3n) is 4.58. The van der Waals surface area contributed by atoms with Gasteiger partial charge in [0.25, 0.3) is 0 Å². The molecule has 2 aromatic rings. The molecule has 0 spiro atoms. The van der Waals surface area contributed by atoms with Gasteiger partial charge in [-0.15, -0.1) is 0 Å². The summed E-state index contributed by atoms with van der Waals surface area (Å²) in [5, 5.41) is 0.602. The van der Waals surface area contributed by atoms with Crippen molar-refractivity contribution in [3.05, 3.63) is 17.3 Å². The zero-order chi connectivity index (χ0) is 15.0. The Morgan fingerprint density at radius 1 is 1.38 bits per heavy atom. The van der Waals surface area contributed by atoms with E-state index >= 15 is 0 Å². The average Bonchev–Trinajstić information content (AvgIpc) is 2.95. The standard InChI is InChI=1S/C16H23ClN4/c1-11(2)8-16(5-3-4-6-16)10-21-14-13(20-15(21)18)7-12(17)9-19-14/h7,9,11H,3-6,8,10H2,1-2H3,(H2,18,20). The van der Waals surface area contributed by atoms with E-state index in [0.29, 0.717) is 22.3 Å². The SMILES string of the molecule is CC(C)CC1(Cn2c(N)nc3cc(Cl)cnc32)CCCC1. The van der Waals surface area contributed by atoms with Crippen molar-refractivity contribution < 1.29 is 0 Å². The van der Waals surface area contributed by atoms with Crippen LogP contribution in [0.1, 0.15) is 46.0 Å². The van der Waals surface area contributed by atoms with Crippen LogP contribution in [0, 0.1) is 11.3 Å². The predicted octanol–water partition coefficient (Wildman–Crippen LogP) is 4.27. The molecular weight excluding hydrogens is 284 g/mol. The Bertz CT molecular complexity index is 641. The molecular formula is C16H23ClN4. The first-order valence-electron chi connectivity index (χ1n) is 7.76. The van der Waals surface area contributed by atoms with E-state index in [-0.39, 0.29) is 0 Å². The summed E-state index contributed by atoms with van der Waals surface area (Å²) in [5.74, 6) is 1.25. The van der Waals surface area contributed by atoms with Crippen LogP contribution in [-0.4, -0.2) is 14.5 Å². The zero-order valence-corrected chi connectivity index (χ0v) is 13.5. The van der Waals surface area contributed by atoms with Crippen LogP contribution in [0.4, 0.5) is 5.95 Å². The van der Waals surface area contributed by atoms with Crippen molar-refractivity contribution in [3.63, 3.8) is 0 Å². The summed E-state index contributed by atoms with van der Waals surface area (Å²) in [5.41, 5.74) is 8.13. The first kappa shape index (κ1) is 14.6. The molecule has 1 saturated carbocycles. The molecule has 0 aliphatic heterocycles. The number of rotatable bonds is 4. The van der Waals surface area contributed by atoms with Gasteiger partial charge in [-0.1, -0.05) is 38.3 Å². The maximum Gasteiger partial charge on any atom is 0.202 e. The van der Waals surface area contributed by atoms with E-state index in [9.17, 15) is 0 Å². The molecule has 5 heteroatoms. The molecule has 3 rings (SSSR count). The summed E-state index contributed by atoms with van der Waals surface area (Å²) in [4.78, 5) is 8.86. The fourth-order valence-electron chi connectivity index (χ4n) is 3.91. The highest BCUT2D eigenvalue weighted by Crippen LogP contribution is 2.45. The Morgan fingerprint density at radius 3 is 2.76 bits per heavy atom. The van der Waals surface area contributed by atoms with Gasteiger partial charge in [0.05, 0.1) is 5.02 Å². The largest absolute Gasteiger partial charge is 0.369 e. The minimum atomic E-state index is 0.344. The number of hydrogen-bond donors (Lipinski definition) is 1. The fraction of sp³-hybridized carbons (Fsp3) is 0.625. The number of anilines is 1. The lowest BCUT2D eigenvalue weighted by Gasteiger charge is -2.31. The normalized spacial score (nSPS) is 17.9. The average molecular weight is 307 g/mol. The summed E-state index contributed by atoms with van der Waals surface area (Å²) in [6.07, 6.45) is 8.10. The highest BCUT2D eigenvalue weighted by molar-refractivity contribution is 6.31. The monoisotopic (exact) mass is 306 g/mol. The van der Waals surface area contributed by atoms with Gasteiger partial charge in [0.15, 0.2) is 5.65 Å². The molecule has 2 N–H and O–H groups in total. The van der Waals surface area contributed by atoms with E-state index in [1.54, 1.807) is 6.20 Å². The molecule has 2 aromatic heterocycles. The number of hydrogen-bond acceptors (Lipinski definition) is 3. The molecule has 1 aliphatic rings. The molecule has 0 radical (unpaired) electrons. The highest BCUT2D eigenvalue weighted by atomic mass is 35.5. The Labute approximate surface area is 130 Å². The van der Waals surface area contributed by atoms with Crippen molar-refractivity contribution in [2.24, 2.45) is 11.3 Å². The van der Waals surface area contributed by atoms with Gasteiger partial charge in [0.1, 0.15) is 5.52 Å². The number of imidazole rings is 1. The van der Waals surface area contributed by atoms with Crippen molar-refractivity contribution in [1.29, 1.82) is 0 Å². The molecule has 2 heterocycles.